The van der Waals surface area contributed by atoms with Gasteiger partial charge in [0.1, 0.15) is 0 Å². The molecule has 0 unspecified atom stereocenters. The molecule has 1 saturated heterocycles. The highest BCUT2D eigenvalue weighted by molar-refractivity contribution is 6.01. The topological polar surface area (TPSA) is 138 Å². The van der Waals surface area contributed by atoms with Crippen molar-refractivity contribution in [2.45, 2.75) is 0 Å². The lowest BCUT2D eigenvalue weighted by Crippen LogP contribution is -2.36. The summed E-state index contributed by atoms with van der Waals surface area (Å²) in [5, 5.41) is 12.3. The summed E-state index contributed by atoms with van der Waals surface area (Å²) in [6.07, 6.45) is 3.04. The highest BCUT2D eigenvalue weighted by atomic mass is 16.5. The van der Waals surface area contributed by atoms with E-state index >= 15 is 0 Å². The standard InChI is InChI=1S/C14H15N7O3/c15-11-9(12(16)22)6-17-21-7-8(5-10(11)21)13-18-19-14(24-13)20-1-3-23-4-2-20/h5-7H,1-4,15H2,(H2,16,22). The quantitative estimate of drug-likeness (QED) is 0.679. The zero-order chi connectivity index (χ0) is 16.7. The molecule has 0 atom stereocenters. The third kappa shape index (κ3) is 2.33. The van der Waals surface area contributed by atoms with E-state index in [1.807, 2.05) is 4.90 Å². The van der Waals surface area contributed by atoms with Gasteiger partial charge >= 0.3 is 6.01 Å². The number of hydrogen-bond acceptors (Lipinski definition) is 8. The third-order valence-electron chi connectivity index (χ3n) is 3.89. The van der Waals surface area contributed by atoms with Gasteiger partial charge in [-0.25, -0.2) is 4.52 Å². The van der Waals surface area contributed by atoms with Gasteiger partial charge in [0.05, 0.1) is 41.7 Å². The molecule has 3 aromatic rings. The highest BCUT2D eigenvalue weighted by Crippen LogP contribution is 2.27. The fourth-order valence-electron chi connectivity index (χ4n) is 2.60. The third-order valence-corrected chi connectivity index (χ3v) is 3.89. The van der Waals surface area contributed by atoms with Crippen LogP contribution in [0.5, 0.6) is 0 Å². The normalized spacial score (nSPS) is 15.1. The number of fused-ring (bicyclic) bond motifs is 1. The number of aromatic nitrogens is 4. The molecule has 1 fully saturated rings. The number of nitrogen functional groups attached to an aromatic ring is 1. The minimum absolute atomic E-state index is 0.173. The fourth-order valence-corrected chi connectivity index (χ4v) is 2.60. The van der Waals surface area contributed by atoms with Crippen molar-refractivity contribution < 1.29 is 13.9 Å². The lowest BCUT2D eigenvalue weighted by Gasteiger charge is -2.24. The number of primary amides is 1. The zero-order valence-corrected chi connectivity index (χ0v) is 12.7. The largest absolute Gasteiger partial charge is 0.403 e. The number of nitrogens with two attached hydrogens (primary N) is 2. The molecular weight excluding hydrogens is 314 g/mol. The van der Waals surface area contributed by atoms with Crippen LogP contribution in [0.4, 0.5) is 11.7 Å². The average molecular weight is 329 g/mol. The molecule has 10 heteroatoms. The molecule has 0 bridgehead atoms. The van der Waals surface area contributed by atoms with E-state index in [4.69, 9.17) is 20.6 Å². The molecule has 4 rings (SSSR count). The summed E-state index contributed by atoms with van der Waals surface area (Å²) in [4.78, 5) is 13.3. The molecule has 0 aromatic carbocycles. The van der Waals surface area contributed by atoms with Gasteiger partial charge in [-0.3, -0.25) is 4.79 Å². The monoisotopic (exact) mass is 329 g/mol. The Hall–Kier alpha value is -3.14. The van der Waals surface area contributed by atoms with Gasteiger partial charge in [-0.05, 0) is 6.07 Å². The number of rotatable bonds is 3. The van der Waals surface area contributed by atoms with E-state index in [1.54, 1.807) is 12.3 Å². The minimum atomic E-state index is -0.627. The summed E-state index contributed by atoms with van der Waals surface area (Å²) >= 11 is 0. The van der Waals surface area contributed by atoms with Gasteiger partial charge < -0.3 is 25.5 Å². The first-order chi connectivity index (χ1) is 11.6. The van der Waals surface area contributed by atoms with Gasteiger partial charge in [-0.15, -0.1) is 5.10 Å². The van der Waals surface area contributed by atoms with Gasteiger partial charge in [0.15, 0.2) is 0 Å². The first kappa shape index (κ1) is 14.5. The Balaban J connectivity index is 1.70. The molecule has 124 valence electrons. The van der Waals surface area contributed by atoms with Crippen LogP contribution in [0.25, 0.3) is 17.0 Å². The van der Waals surface area contributed by atoms with Crippen molar-refractivity contribution in [2.75, 3.05) is 36.9 Å². The first-order valence-corrected chi connectivity index (χ1v) is 7.37. The predicted molar refractivity (Wildman–Crippen MR) is 84.4 cm³/mol. The highest BCUT2D eigenvalue weighted by Gasteiger charge is 2.20. The average Bonchev–Trinajstić information content (AvgIpc) is 3.23. The number of morpholine rings is 1. The minimum Gasteiger partial charge on any atom is -0.403 e. The van der Waals surface area contributed by atoms with Crippen molar-refractivity contribution >= 4 is 23.1 Å². The van der Waals surface area contributed by atoms with Gasteiger partial charge in [0.2, 0.25) is 0 Å². The number of amides is 1. The Labute approximate surface area is 136 Å². The summed E-state index contributed by atoms with van der Waals surface area (Å²) in [6, 6.07) is 2.17. The summed E-state index contributed by atoms with van der Waals surface area (Å²) in [7, 11) is 0. The molecule has 1 aliphatic rings. The molecule has 1 amide bonds. The van der Waals surface area contributed by atoms with Crippen LogP contribution < -0.4 is 16.4 Å². The Kier molecular flexibility index (Phi) is 3.31. The Morgan fingerprint density at radius 3 is 2.79 bits per heavy atom. The van der Waals surface area contributed by atoms with Crippen molar-refractivity contribution in [3.05, 3.63) is 24.0 Å². The zero-order valence-electron chi connectivity index (χ0n) is 12.7. The molecule has 4 heterocycles. The molecule has 4 N–H and O–H groups in total. The van der Waals surface area contributed by atoms with Gasteiger partial charge in [0.25, 0.3) is 11.8 Å². The van der Waals surface area contributed by atoms with E-state index in [9.17, 15) is 4.79 Å². The van der Waals surface area contributed by atoms with Crippen molar-refractivity contribution in [1.82, 2.24) is 19.8 Å². The van der Waals surface area contributed by atoms with E-state index in [0.717, 1.165) is 0 Å². The van der Waals surface area contributed by atoms with Crippen molar-refractivity contribution in [3.8, 4) is 11.5 Å². The lowest BCUT2D eigenvalue weighted by molar-refractivity contribution is 0.100. The van der Waals surface area contributed by atoms with Crippen molar-refractivity contribution in [3.63, 3.8) is 0 Å². The Morgan fingerprint density at radius 1 is 1.25 bits per heavy atom. The number of carbonyl (C=O) groups is 1. The van der Waals surface area contributed by atoms with Crippen LogP contribution in [-0.2, 0) is 4.74 Å². The molecule has 10 nitrogen and oxygen atoms in total. The molecule has 1 aliphatic heterocycles. The summed E-state index contributed by atoms with van der Waals surface area (Å²) in [5.74, 6) is -0.278. The predicted octanol–water partition coefficient (Wildman–Crippen LogP) is -0.0980. The molecule has 3 aromatic heterocycles. The van der Waals surface area contributed by atoms with Crippen LogP contribution in [0.3, 0.4) is 0 Å². The molecule has 0 radical (unpaired) electrons. The summed E-state index contributed by atoms with van der Waals surface area (Å²) < 4.78 is 12.6. The second-order valence-electron chi connectivity index (χ2n) is 5.38. The van der Waals surface area contributed by atoms with Crippen LogP contribution in [0, 0.1) is 0 Å². The lowest BCUT2D eigenvalue weighted by atomic mass is 10.2. The maximum Gasteiger partial charge on any atom is 0.318 e. The molecule has 24 heavy (non-hydrogen) atoms. The van der Waals surface area contributed by atoms with E-state index in [1.165, 1.54) is 10.7 Å². The fraction of sp³-hybridized carbons (Fsp3) is 0.286. The van der Waals surface area contributed by atoms with E-state index in [-0.39, 0.29) is 11.3 Å². The van der Waals surface area contributed by atoms with Crippen LogP contribution >= 0.6 is 0 Å². The van der Waals surface area contributed by atoms with Crippen LogP contribution in [0.15, 0.2) is 22.9 Å². The summed E-state index contributed by atoms with van der Waals surface area (Å²) in [5.41, 5.74) is 12.9. The number of carbonyl (C=O) groups excluding carboxylic acids is 1. The van der Waals surface area contributed by atoms with Gasteiger partial charge in [-0.2, -0.15) is 5.10 Å². The van der Waals surface area contributed by atoms with Crippen LogP contribution in [0.1, 0.15) is 10.4 Å². The van der Waals surface area contributed by atoms with E-state index < -0.39 is 5.91 Å². The van der Waals surface area contributed by atoms with Gasteiger partial charge in [-0.1, -0.05) is 5.10 Å². The second kappa shape index (κ2) is 5.49. The number of nitrogens with zero attached hydrogens (tertiary/aromatic N) is 5. The van der Waals surface area contributed by atoms with E-state index in [0.29, 0.717) is 49.3 Å². The second-order valence-corrected chi connectivity index (χ2v) is 5.38. The SMILES string of the molecule is NC(=O)c1cnn2cc(-c3nnc(N4CCOCC4)o3)cc2c1N. The number of hydrogen-bond donors (Lipinski definition) is 2. The van der Waals surface area contributed by atoms with Crippen LogP contribution in [0.2, 0.25) is 0 Å². The Morgan fingerprint density at radius 2 is 2.04 bits per heavy atom. The van der Waals surface area contributed by atoms with Crippen molar-refractivity contribution in [2.24, 2.45) is 5.73 Å². The molecule has 0 aliphatic carbocycles. The maximum absolute atomic E-state index is 11.4. The molecular formula is C14H15N7O3. The Bertz CT molecular complexity index is 910. The summed E-state index contributed by atoms with van der Waals surface area (Å²) in [6.45, 7) is 2.67. The van der Waals surface area contributed by atoms with Crippen molar-refractivity contribution in [1.29, 1.82) is 0 Å². The first-order valence-electron chi connectivity index (χ1n) is 7.37. The number of ether oxygens (including phenoxy) is 1. The van der Waals surface area contributed by atoms with Gasteiger partial charge in [0, 0.05) is 19.3 Å². The molecule has 0 saturated carbocycles. The van der Waals surface area contributed by atoms with E-state index in [2.05, 4.69) is 15.3 Å². The smallest absolute Gasteiger partial charge is 0.318 e. The number of anilines is 2. The maximum atomic E-state index is 11.4. The van der Waals surface area contributed by atoms with Crippen LogP contribution in [-0.4, -0.2) is 52.0 Å². The molecule has 0 spiro atoms.